The lowest BCUT2D eigenvalue weighted by Gasteiger charge is -2.40. The molecule has 0 aromatic heterocycles. The monoisotopic (exact) mass is 399 g/mol. The molecule has 5 heteroatoms. The van der Waals surface area contributed by atoms with Crippen molar-refractivity contribution in [3.63, 3.8) is 0 Å². The van der Waals surface area contributed by atoms with Crippen molar-refractivity contribution in [2.75, 3.05) is 0 Å². The van der Waals surface area contributed by atoms with Gasteiger partial charge in [0.25, 0.3) is 0 Å². The number of sulfonamides is 1. The van der Waals surface area contributed by atoms with Crippen molar-refractivity contribution >= 4 is 26.0 Å². The van der Waals surface area contributed by atoms with Gasteiger partial charge in [0.05, 0.1) is 4.90 Å². The van der Waals surface area contributed by atoms with Crippen LogP contribution in [0.4, 0.5) is 0 Å². The van der Waals surface area contributed by atoms with Gasteiger partial charge in [-0.25, -0.2) is 8.42 Å². The summed E-state index contributed by atoms with van der Waals surface area (Å²) >= 11 is 3.39. The fourth-order valence-electron chi connectivity index (χ4n) is 4.09. The van der Waals surface area contributed by atoms with Crippen LogP contribution in [0, 0.1) is 0 Å². The highest BCUT2D eigenvalue weighted by atomic mass is 79.9. The molecular weight excluding hydrogens is 374 g/mol. The van der Waals surface area contributed by atoms with Crippen LogP contribution in [0.3, 0.4) is 0 Å². The highest BCUT2D eigenvalue weighted by Gasteiger charge is 2.38. The first kappa shape index (κ1) is 17.4. The van der Waals surface area contributed by atoms with Gasteiger partial charge in [0, 0.05) is 16.6 Å². The highest BCUT2D eigenvalue weighted by molar-refractivity contribution is 9.10. The molecular formula is C18H26BrNO2S. The molecule has 0 amide bonds. The molecule has 2 aliphatic rings. The van der Waals surface area contributed by atoms with E-state index in [1.165, 1.54) is 12.8 Å². The Kier molecular flexibility index (Phi) is 5.81. The Labute approximate surface area is 148 Å². The van der Waals surface area contributed by atoms with Crippen LogP contribution in [0.25, 0.3) is 0 Å². The predicted molar refractivity (Wildman–Crippen MR) is 96.9 cm³/mol. The van der Waals surface area contributed by atoms with Gasteiger partial charge in [-0.2, -0.15) is 4.31 Å². The van der Waals surface area contributed by atoms with Crippen LogP contribution in [0.1, 0.15) is 64.2 Å². The van der Waals surface area contributed by atoms with Gasteiger partial charge in [-0.05, 0) is 49.9 Å². The molecule has 128 valence electrons. The standard InChI is InChI=1S/C18H26BrNO2S/c19-15-11-13-18(14-12-15)23(21,22)20(16-7-3-1-4-8-16)17-9-5-2-6-10-17/h11-14,16-17H,1-10H2. The Hall–Kier alpha value is -0.390. The molecule has 0 atom stereocenters. The Morgan fingerprint density at radius 2 is 1.22 bits per heavy atom. The summed E-state index contributed by atoms with van der Waals surface area (Å²) in [6, 6.07) is 7.51. The second kappa shape index (κ2) is 7.66. The summed E-state index contributed by atoms with van der Waals surface area (Å²) in [7, 11) is -3.40. The van der Waals surface area contributed by atoms with E-state index in [2.05, 4.69) is 15.9 Å². The normalized spacial score (nSPS) is 21.7. The lowest BCUT2D eigenvalue weighted by Crippen LogP contribution is -2.48. The van der Waals surface area contributed by atoms with E-state index < -0.39 is 10.0 Å². The molecule has 0 aliphatic heterocycles. The maximum atomic E-state index is 13.4. The van der Waals surface area contributed by atoms with E-state index in [1.54, 1.807) is 12.1 Å². The number of halogens is 1. The number of benzene rings is 1. The van der Waals surface area contributed by atoms with Crippen LogP contribution >= 0.6 is 15.9 Å². The van der Waals surface area contributed by atoms with Crippen LogP contribution in [0.15, 0.2) is 33.6 Å². The summed E-state index contributed by atoms with van der Waals surface area (Å²) in [6.07, 6.45) is 11.2. The van der Waals surface area contributed by atoms with Gasteiger partial charge in [0.2, 0.25) is 10.0 Å². The molecule has 1 aromatic carbocycles. The lowest BCUT2D eigenvalue weighted by atomic mass is 9.91. The summed E-state index contributed by atoms with van der Waals surface area (Å²) in [4.78, 5) is 0.442. The Bertz CT molecular complexity index is 584. The lowest BCUT2D eigenvalue weighted by molar-refractivity contribution is 0.169. The molecule has 0 spiro atoms. The van der Waals surface area contributed by atoms with Crippen molar-refractivity contribution in [2.24, 2.45) is 0 Å². The van der Waals surface area contributed by atoms with E-state index in [-0.39, 0.29) is 12.1 Å². The van der Waals surface area contributed by atoms with E-state index in [0.29, 0.717) is 4.90 Å². The zero-order valence-electron chi connectivity index (χ0n) is 13.6. The summed E-state index contributed by atoms with van der Waals surface area (Å²) in [5.41, 5.74) is 0. The van der Waals surface area contributed by atoms with Crippen molar-refractivity contribution in [3.05, 3.63) is 28.7 Å². The van der Waals surface area contributed by atoms with Crippen LogP contribution in [0.5, 0.6) is 0 Å². The van der Waals surface area contributed by atoms with Gasteiger partial charge in [0.1, 0.15) is 0 Å². The highest BCUT2D eigenvalue weighted by Crippen LogP contribution is 2.34. The van der Waals surface area contributed by atoms with Crippen molar-refractivity contribution in [3.8, 4) is 0 Å². The Morgan fingerprint density at radius 3 is 1.65 bits per heavy atom. The average Bonchev–Trinajstić information content (AvgIpc) is 2.57. The molecule has 0 N–H and O–H groups in total. The number of hydrogen-bond donors (Lipinski definition) is 0. The van der Waals surface area contributed by atoms with Gasteiger partial charge in [-0.3, -0.25) is 0 Å². The second-order valence-electron chi connectivity index (χ2n) is 6.87. The third kappa shape index (κ3) is 3.99. The van der Waals surface area contributed by atoms with E-state index in [4.69, 9.17) is 0 Å². The zero-order chi connectivity index (χ0) is 16.3. The molecule has 0 radical (unpaired) electrons. The maximum Gasteiger partial charge on any atom is 0.243 e. The van der Waals surface area contributed by atoms with Crippen molar-refractivity contribution in [2.45, 2.75) is 81.2 Å². The molecule has 3 rings (SSSR count). The molecule has 2 aliphatic carbocycles. The molecule has 23 heavy (non-hydrogen) atoms. The second-order valence-corrected chi connectivity index (χ2v) is 9.63. The smallest absolute Gasteiger partial charge is 0.207 e. The van der Waals surface area contributed by atoms with Gasteiger partial charge < -0.3 is 0 Å². The number of hydrogen-bond acceptors (Lipinski definition) is 2. The summed E-state index contributed by atoms with van der Waals surface area (Å²) < 4.78 is 29.5. The van der Waals surface area contributed by atoms with Gasteiger partial charge >= 0.3 is 0 Å². The maximum absolute atomic E-state index is 13.4. The largest absolute Gasteiger partial charge is 0.243 e. The SMILES string of the molecule is O=S(=O)(c1ccc(Br)cc1)N(C1CCCCC1)C1CCCCC1. The van der Waals surface area contributed by atoms with E-state index in [0.717, 1.165) is 55.8 Å². The molecule has 0 bridgehead atoms. The topological polar surface area (TPSA) is 37.4 Å². The summed E-state index contributed by atoms with van der Waals surface area (Å²) in [6.45, 7) is 0. The van der Waals surface area contributed by atoms with Crippen molar-refractivity contribution in [1.29, 1.82) is 0 Å². The van der Waals surface area contributed by atoms with E-state index in [1.807, 2.05) is 16.4 Å². The number of nitrogens with zero attached hydrogens (tertiary/aromatic N) is 1. The minimum absolute atomic E-state index is 0.195. The third-order valence-electron chi connectivity index (χ3n) is 5.26. The molecule has 2 saturated carbocycles. The zero-order valence-corrected chi connectivity index (χ0v) is 16.0. The van der Waals surface area contributed by atoms with Crippen LogP contribution in [-0.2, 0) is 10.0 Å². The Morgan fingerprint density at radius 1 is 0.783 bits per heavy atom. The average molecular weight is 400 g/mol. The first-order valence-corrected chi connectivity index (χ1v) is 11.1. The third-order valence-corrected chi connectivity index (χ3v) is 7.81. The van der Waals surface area contributed by atoms with Crippen LogP contribution in [0.2, 0.25) is 0 Å². The van der Waals surface area contributed by atoms with Crippen molar-refractivity contribution < 1.29 is 8.42 Å². The van der Waals surface area contributed by atoms with Gasteiger partial charge in [-0.1, -0.05) is 54.5 Å². The van der Waals surface area contributed by atoms with E-state index in [9.17, 15) is 8.42 Å². The molecule has 2 fully saturated rings. The fourth-order valence-corrected chi connectivity index (χ4v) is 6.28. The molecule has 0 heterocycles. The summed E-state index contributed by atoms with van der Waals surface area (Å²) in [5.74, 6) is 0. The quantitative estimate of drug-likeness (QED) is 0.705. The Balaban J connectivity index is 1.93. The molecule has 0 unspecified atom stereocenters. The molecule has 0 saturated heterocycles. The van der Waals surface area contributed by atoms with Crippen LogP contribution < -0.4 is 0 Å². The van der Waals surface area contributed by atoms with Crippen molar-refractivity contribution in [1.82, 2.24) is 4.31 Å². The van der Waals surface area contributed by atoms with Gasteiger partial charge in [-0.15, -0.1) is 0 Å². The van der Waals surface area contributed by atoms with Gasteiger partial charge in [0.15, 0.2) is 0 Å². The van der Waals surface area contributed by atoms with E-state index >= 15 is 0 Å². The molecule has 1 aromatic rings. The minimum Gasteiger partial charge on any atom is -0.207 e. The first-order valence-electron chi connectivity index (χ1n) is 8.88. The van der Waals surface area contributed by atoms with Crippen LogP contribution in [-0.4, -0.2) is 24.8 Å². The predicted octanol–water partition coefficient (Wildman–Crippen LogP) is 5.11. The molecule has 3 nitrogen and oxygen atoms in total. The fraction of sp³-hybridized carbons (Fsp3) is 0.667. The number of rotatable bonds is 4. The first-order chi connectivity index (χ1) is 11.1. The summed E-state index contributed by atoms with van der Waals surface area (Å²) in [5, 5.41) is 0. The minimum atomic E-state index is -3.40.